The van der Waals surface area contributed by atoms with Crippen molar-refractivity contribution >= 4 is 5.69 Å². The molecule has 1 aliphatic heterocycles. The maximum Gasteiger partial charge on any atom is 0.419 e. The van der Waals surface area contributed by atoms with Gasteiger partial charge in [-0.25, -0.2) is 4.79 Å². The second kappa shape index (κ2) is 2.51. The molecule has 64 valence electrons. The van der Waals surface area contributed by atoms with Gasteiger partial charge in [0.2, 0.25) is 0 Å². The van der Waals surface area contributed by atoms with Gasteiger partial charge in [0.1, 0.15) is 11.4 Å². The van der Waals surface area contributed by atoms with Crippen molar-refractivity contribution in [2.24, 2.45) is 0 Å². The van der Waals surface area contributed by atoms with E-state index < -0.39 is 5.76 Å². The van der Waals surface area contributed by atoms with Gasteiger partial charge in [0.05, 0.1) is 0 Å². The van der Waals surface area contributed by atoms with E-state index >= 15 is 0 Å². The Morgan fingerprint density at radius 1 is 1.33 bits per heavy atom. The van der Waals surface area contributed by atoms with Crippen LogP contribution in [0.2, 0.25) is 0 Å². The van der Waals surface area contributed by atoms with Crippen LogP contribution in [0.4, 0.5) is 5.69 Å². The molecule has 2 rings (SSSR count). The zero-order chi connectivity index (χ0) is 8.55. The monoisotopic (exact) mass is 168 g/mol. The number of anilines is 1. The van der Waals surface area contributed by atoms with Crippen molar-refractivity contribution in [1.29, 1.82) is 0 Å². The van der Waals surface area contributed by atoms with Crippen molar-refractivity contribution in [1.82, 2.24) is 4.98 Å². The fraction of sp³-hybridized carbons (Fsp3) is 0.429. The Balaban J connectivity index is 2.68. The summed E-state index contributed by atoms with van der Waals surface area (Å²) < 4.78 is 4.81. The number of hydrogen-bond acceptors (Lipinski definition) is 4. The first kappa shape index (κ1) is 7.15. The Morgan fingerprint density at radius 3 is 3.00 bits per heavy atom. The molecule has 12 heavy (non-hydrogen) atoms. The lowest BCUT2D eigenvalue weighted by Crippen LogP contribution is -2.27. The van der Waals surface area contributed by atoms with Crippen molar-refractivity contribution in [3.63, 3.8) is 0 Å². The Hall–Kier alpha value is -1.52. The molecule has 5 heteroatoms. The van der Waals surface area contributed by atoms with Crippen molar-refractivity contribution in [3.05, 3.63) is 26.7 Å². The van der Waals surface area contributed by atoms with Crippen LogP contribution in [0.3, 0.4) is 0 Å². The van der Waals surface area contributed by atoms with Crippen LogP contribution in [0.15, 0.2) is 14.0 Å². The van der Waals surface area contributed by atoms with Crippen molar-refractivity contribution < 1.29 is 4.42 Å². The molecule has 1 aromatic heterocycles. The van der Waals surface area contributed by atoms with Gasteiger partial charge in [0.15, 0.2) is 0 Å². The molecule has 0 unspecified atom stereocenters. The first-order valence-corrected chi connectivity index (χ1v) is 3.77. The van der Waals surface area contributed by atoms with Crippen molar-refractivity contribution in [2.75, 3.05) is 11.9 Å². The lowest BCUT2D eigenvalue weighted by Gasteiger charge is -2.13. The molecular weight excluding hydrogens is 160 g/mol. The molecule has 0 saturated heterocycles. The molecule has 2 heterocycles. The summed E-state index contributed by atoms with van der Waals surface area (Å²) in [6.07, 6.45) is 1.54. The first-order chi connectivity index (χ1) is 5.77. The van der Waals surface area contributed by atoms with Gasteiger partial charge in [-0.1, -0.05) is 0 Å². The highest BCUT2D eigenvalue weighted by Crippen LogP contribution is 2.14. The van der Waals surface area contributed by atoms with E-state index in [1.165, 1.54) is 0 Å². The van der Waals surface area contributed by atoms with Gasteiger partial charge >= 0.3 is 5.76 Å². The number of fused-ring (bicyclic) bond motifs is 1. The third kappa shape index (κ3) is 1.03. The standard InChI is InChI=1S/C7H8N2O3/c10-6-5-4(2-1-3-8-5)12-7(11)9-6/h8H,1-3H2,(H,9,10,11). The van der Waals surface area contributed by atoms with Crippen LogP contribution >= 0.6 is 0 Å². The molecule has 0 radical (unpaired) electrons. The smallest absolute Gasteiger partial charge is 0.412 e. The minimum atomic E-state index is -0.678. The normalized spacial score (nSPS) is 15.0. The average molecular weight is 168 g/mol. The van der Waals surface area contributed by atoms with E-state index in [0.29, 0.717) is 17.9 Å². The summed E-state index contributed by atoms with van der Waals surface area (Å²) in [5.74, 6) is -0.211. The van der Waals surface area contributed by atoms with E-state index in [9.17, 15) is 9.59 Å². The average Bonchev–Trinajstić information content (AvgIpc) is 2.04. The third-order valence-electron chi connectivity index (χ3n) is 1.82. The largest absolute Gasteiger partial charge is 0.419 e. The Kier molecular flexibility index (Phi) is 1.49. The Morgan fingerprint density at radius 2 is 2.17 bits per heavy atom. The van der Waals surface area contributed by atoms with Crippen LogP contribution in [0.5, 0.6) is 0 Å². The second-order valence-electron chi connectivity index (χ2n) is 2.67. The lowest BCUT2D eigenvalue weighted by molar-refractivity contribution is 0.427. The highest BCUT2D eigenvalue weighted by atomic mass is 16.4. The molecule has 0 aromatic carbocycles. The van der Waals surface area contributed by atoms with Gasteiger partial charge in [-0.3, -0.25) is 9.78 Å². The van der Waals surface area contributed by atoms with E-state index in [4.69, 9.17) is 4.42 Å². The molecule has 1 aromatic rings. The van der Waals surface area contributed by atoms with Gasteiger partial charge in [-0.2, -0.15) is 0 Å². The lowest BCUT2D eigenvalue weighted by atomic mass is 10.1. The number of aryl methyl sites for hydroxylation is 1. The van der Waals surface area contributed by atoms with Gasteiger partial charge in [-0.15, -0.1) is 0 Å². The summed E-state index contributed by atoms with van der Waals surface area (Å²) in [6, 6.07) is 0. The summed E-state index contributed by atoms with van der Waals surface area (Å²) in [5.41, 5.74) is 0.0156. The Bertz CT molecular complexity index is 404. The quantitative estimate of drug-likeness (QED) is 0.557. The molecule has 1 aliphatic rings. The number of aromatic nitrogens is 1. The zero-order valence-corrected chi connectivity index (χ0v) is 6.35. The Labute approximate surface area is 67.4 Å². The number of rotatable bonds is 0. The van der Waals surface area contributed by atoms with Crippen LogP contribution in [0, 0.1) is 0 Å². The molecular formula is C7H8N2O3. The van der Waals surface area contributed by atoms with E-state index in [1.807, 2.05) is 0 Å². The SMILES string of the molecule is O=c1[nH]c(=O)c2c(o1)CCCN2. The van der Waals surface area contributed by atoms with Gasteiger partial charge < -0.3 is 9.73 Å². The number of aromatic amines is 1. The third-order valence-corrected chi connectivity index (χ3v) is 1.82. The molecule has 2 N–H and O–H groups in total. The van der Waals surface area contributed by atoms with Crippen LogP contribution in [0.1, 0.15) is 12.2 Å². The van der Waals surface area contributed by atoms with E-state index in [1.54, 1.807) is 0 Å². The molecule has 0 bridgehead atoms. The minimum Gasteiger partial charge on any atom is -0.412 e. The maximum atomic E-state index is 11.1. The van der Waals surface area contributed by atoms with Crippen molar-refractivity contribution in [3.8, 4) is 0 Å². The van der Waals surface area contributed by atoms with E-state index in [0.717, 1.165) is 13.0 Å². The predicted octanol–water partition coefficient (Wildman–Crippen LogP) is -0.314. The summed E-state index contributed by atoms with van der Waals surface area (Å²) in [6.45, 7) is 0.754. The first-order valence-electron chi connectivity index (χ1n) is 3.77. The van der Waals surface area contributed by atoms with Crippen LogP contribution in [0.25, 0.3) is 0 Å². The molecule has 0 aliphatic carbocycles. The van der Waals surface area contributed by atoms with Gasteiger partial charge in [0.25, 0.3) is 5.56 Å². The highest BCUT2D eigenvalue weighted by molar-refractivity contribution is 5.45. The summed E-state index contributed by atoms with van der Waals surface area (Å²) >= 11 is 0. The van der Waals surface area contributed by atoms with Gasteiger partial charge in [-0.05, 0) is 6.42 Å². The fourth-order valence-corrected chi connectivity index (χ4v) is 1.29. The summed E-state index contributed by atoms with van der Waals surface area (Å²) in [7, 11) is 0. The number of hydrogen-bond donors (Lipinski definition) is 2. The summed E-state index contributed by atoms with van der Waals surface area (Å²) in [4.78, 5) is 23.9. The molecule has 0 amide bonds. The topological polar surface area (TPSA) is 75.1 Å². The number of nitrogens with one attached hydrogen (secondary N) is 2. The van der Waals surface area contributed by atoms with Gasteiger partial charge in [0, 0.05) is 13.0 Å². The van der Waals surface area contributed by atoms with E-state index in [2.05, 4.69) is 10.3 Å². The zero-order valence-electron chi connectivity index (χ0n) is 6.35. The van der Waals surface area contributed by atoms with Crippen LogP contribution in [-0.4, -0.2) is 11.5 Å². The molecule has 0 saturated carbocycles. The summed E-state index contributed by atoms with van der Waals surface area (Å²) in [5, 5.41) is 2.88. The molecule has 0 fully saturated rings. The maximum absolute atomic E-state index is 11.1. The highest BCUT2D eigenvalue weighted by Gasteiger charge is 2.14. The van der Waals surface area contributed by atoms with E-state index in [-0.39, 0.29) is 5.56 Å². The van der Waals surface area contributed by atoms with Crippen LogP contribution in [-0.2, 0) is 6.42 Å². The second-order valence-corrected chi connectivity index (χ2v) is 2.67. The van der Waals surface area contributed by atoms with Crippen LogP contribution < -0.4 is 16.6 Å². The van der Waals surface area contributed by atoms with Crippen molar-refractivity contribution in [2.45, 2.75) is 12.8 Å². The molecule has 0 atom stereocenters. The molecule has 0 spiro atoms. The fourth-order valence-electron chi connectivity index (χ4n) is 1.29. The molecule has 5 nitrogen and oxygen atoms in total. The minimum absolute atomic E-state index is 0.388. The predicted molar refractivity (Wildman–Crippen MR) is 42.4 cm³/mol. The number of H-pyrrole nitrogens is 1.